The third-order valence-electron chi connectivity index (χ3n) is 2.11. The molecule has 17 heavy (non-hydrogen) atoms. The van der Waals surface area contributed by atoms with Crippen molar-refractivity contribution in [1.29, 1.82) is 5.26 Å². The fourth-order valence-electron chi connectivity index (χ4n) is 1.32. The van der Waals surface area contributed by atoms with E-state index >= 15 is 0 Å². The minimum atomic E-state index is -0.555. The van der Waals surface area contributed by atoms with Crippen molar-refractivity contribution in [3.63, 3.8) is 0 Å². The second-order valence-electron chi connectivity index (χ2n) is 3.21. The third-order valence-corrected chi connectivity index (χ3v) is 2.11. The van der Waals surface area contributed by atoms with Crippen LogP contribution >= 0.6 is 0 Å². The van der Waals surface area contributed by atoms with Crippen LogP contribution in [0.2, 0.25) is 0 Å². The van der Waals surface area contributed by atoms with Crippen LogP contribution in [0.25, 0.3) is 11.3 Å². The van der Waals surface area contributed by atoms with Gasteiger partial charge in [0.25, 0.3) is 0 Å². The highest BCUT2D eigenvalue weighted by Gasteiger charge is 2.09. The second kappa shape index (κ2) is 4.53. The highest BCUT2D eigenvalue weighted by molar-refractivity contribution is 5.61. The monoisotopic (exact) mass is 229 g/mol. The van der Waals surface area contributed by atoms with Crippen LogP contribution < -0.4 is 5.32 Å². The van der Waals surface area contributed by atoms with E-state index in [1.807, 2.05) is 6.07 Å². The zero-order valence-electron chi connectivity index (χ0n) is 8.98. The Balaban J connectivity index is 2.55. The van der Waals surface area contributed by atoms with Crippen LogP contribution in [0.3, 0.4) is 0 Å². The summed E-state index contributed by atoms with van der Waals surface area (Å²) in [5, 5.41) is 11.5. The van der Waals surface area contributed by atoms with Crippen molar-refractivity contribution < 1.29 is 4.39 Å². The minimum absolute atomic E-state index is 0.119. The van der Waals surface area contributed by atoms with Gasteiger partial charge in [-0.2, -0.15) is 5.26 Å². The molecule has 0 aliphatic rings. The molecule has 84 valence electrons. The van der Waals surface area contributed by atoms with E-state index in [4.69, 9.17) is 5.26 Å². The molecular weight excluding hydrogens is 221 g/mol. The van der Waals surface area contributed by atoms with Gasteiger partial charge in [0.2, 0.25) is 5.95 Å². The molecule has 2 aromatic rings. The summed E-state index contributed by atoms with van der Waals surface area (Å²) in [5.41, 5.74) is 0.918. The fraction of sp³-hybridized carbons (Fsp3) is 0.0909. The van der Waals surface area contributed by atoms with Crippen LogP contribution in [0.5, 0.6) is 0 Å². The van der Waals surface area contributed by atoms with Crippen molar-refractivity contribution in [1.82, 2.24) is 15.0 Å². The lowest BCUT2D eigenvalue weighted by atomic mass is 10.1. The molecule has 0 unspecified atom stereocenters. The van der Waals surface area contributed by atoms with E-state index in [1.165, 1.54) is 18.5 Å². The summed E-state index contributed by atoms with van der Waals surface area (Å²) in [6, 6.07) is 3.47. The molecular formula is C11H8FN5. The number of halogens is 1. The topological polar surface area (TPSA) is 74.5 Å². The van der Waals surface area contributed by atoms with Crippen molar-refractivity contribution in [2.75, 3.05) is 12.4 Å². The molecule has 2 rings (SSSR count). The molecule has 0 saturated carbocycles. The molecule has 0 spiro atoms. The first-order valence-electron chi connectivity index (χ1n) is 4.80. The van der Waals surface area contributed by atoms with E-state index in [2.05, 4.69) is 20.3 Å². The largest absolute Gasteiger partial charge is 0.357 e. The number of pyridine rings is 1. The number of nitrogens with zero attached hydrogens (tertiary/aromatic N) is 4. The molecule has 5 nitrogen and oxygen atoms in total. The number of hydrogen-bond donors (Lipinski definition) is 1. The number of nitrogens with one attached hydrogen (secondary N) is 1. The molecule has 0 aliphatic carbocycles. The van der Waals surface area contributed by atoms with Crippen LogP contribution in [0.1, 0.15) is 5.56 Å². The standard InChI is InChI=1S/C11H8FN5/c1-14-11-16-6-9(12)10(17-11)8-2-7(3-13)4-15-5-8/h2,4-6H,1H3,(H,14,16,17). The number of rotatable bonds is 2. The van der Waals surface area contributed by atoms with E-state index in [1.54, 1.807) is 7.05 Å². The van der Waals surface area contributed by atoms with Crippen LogP contribution in [0, 0.1) is 17.1 Å². The Morgan fingerprint density at radius 1 is 1.35 bits per heavy atom. The highest BCUT2D eigenvalue weighted by atomic mass is 19.1. The van der Waals surface area contributed by atoms with Gasteiger partial charge in [0.15, 0.2) is 5.82 Å². The fourth-order valence-corrected chi connectivity index (χ4v) is 1.32. The van der Waals surface area contributed by atoms with Crippen LogP contribution in [-0.4, -0.2) is 22.0 Å². The first kappa shape index (κ1) is 11.0. The Kier molecular flexibility index (Phi) is 2.92. The molecule has 0 bridgehead atoms. The van der Waals surface area contributed by atoms with Gasteiger partial charge >= 0.3 is 0 Å². The van der Waals surface area contributed by atoms with Crippen LogP contribution in [0.4, 0.5) is 10.3 Å². The van der Waals surface area contributed by atoms with Crippen molar-refractivity contribution in [3.8, 4) is 17.3 Å². The van der Waals surface area contributed by atoms with E-state index in [-0.39, 0.29) is 5.69 Å². The van der Waals surface area contributed by atoms with E-state index in [0.717, 1.165) is 6.20 Å². The van der Waals surface area contributed by atoms with E-state index in [0.29, 0.717) is 17.1 Å². The molecule has 6 heteroatoms. The molecule has 2 aromatic heterocycles. The predicted molar refractivity (Wildman–Crippen MR) is 59.5 cm³/mol. The first-order valence-corrected chi connectivity index (χ1v) is 4.80. The zero-order valence-corrected chi connectivity index (χ0v) is 8.98. The lowest BCUT2D eigenvalue weighted by Gasteiger charge is -2.04. The summed E-state index contributed by atoms with van der Waals surface area (Å²) in [6.07, 6.45) is 3.93. The summed E-state index contributed by atoms with van der Waals surface area (Å²) < 4.78 is 13.6. The summed E-state index contributed by atoms with van der Waals surface area (Å²) in [5.74, 6) is -0.246. The van der Waals surface area contributed by atoms with Crippen molar-refractivity contribution in [2.45, 2.75) is 0 Å². The summed E-state index contributed by atoms with van der Waals surface area (Å²) in [6.45, 7) is 0. The predicted octanol–water partition coefficient (Wildman–Crippen LogP) is 1.59. The van der Waals surface area contributed by atoms with E-state index < -0.39 is 5.82 Å². The van der Waals surface area contributed by atoms with Crippen molar-refractivity contribution in [2.24, 2.45) is 0 Å². The van der Waals surface area contributed by atoms with Gasteiger partial charge in [-0.25, -0.2) is 14.4 Å². The smallest absolute Gasteiger partial charge is 0.223 e. The minimum Gasteiger partial charge on any atom is -0.357 e. The van der Waals surface area contributed by atoms with Gasteiger partial charge in [-0.1, -0.05) is 0 Å². The Hall–Kier alpha value is -2.55. The maximum absolute atomic E-state index is 13.6. The number of hydrogen-bond acceptors (Lipinski definition) is 5. The third kappa shape index (κ3) is 2.18. The molecule has 0 radical (unpaired) electrons. The molecule has 0 fully saturated rings. The Bertz CT molecular complexity index is 591. The maximum Gasteiger partial charge on any atom is 0.223 e. The van der Waals surface area contributed by atoms with Gasteiger partial charge in [-0.15, -0.1) is 0 Å². The van der Waals surface area contributed by atoms with Gasteiger partial charge in [0.05, 0.1) is 11.8 Å². The molecule has 0 aliphatic heterocycles. The molecule has 0 atom stereocenters. The summed E-state index contributed by atoms with van der Waals surface area (Å²) in [4.78, 5) is 11.6. The molecule has 0 aromatic carbocycles. The Morgan fingerprint density at radius 3 is 2.88 bits per heavy atom. The maximum atomic E-state index is 13.6. The molecule has 2 heterocycles. The van der Waals surface area contributed by atoms with Gasteiger partial charge in [0, 0.05) is 25.0 Å². The van der Waals surface area contributed by atoms with Crippen LogP contribution in [-0.2, 0) is 0 Å². The van der Waals surface area contributed by atoms with Crippen molar-refractivity contribution >= 4 is 5.95 Å². The van der Waals surface area contributed by atoms with Gasteiger partial charge in [-0.05, 0) is 6.07 Å². The van der Waals surface area contributed by atoms with Gasteiger partial charge in [-0.3, -0.25) is 4.98 Å². The summed E-state index contributed by atoms with van der Waals surface area (Å²) >= 11 is 0. The first-order chi connectivity index (χ1) is 8.24. The lowest BCUT2D eigenvalue weighted by Crippen LogP contribution is -2.00. The average Bonchev–Trinajstić information content (AvgIpc) is 2.39. The molecule has 1 N–H and O–H groups in total. The average molecular weight is 229 g/mol. The highest BCUT2D eigenvalue weighted by Crippen LogP contribution is 2.20. The van der Waals surface area contributed by atoms with Gasteiger partial charge in [0.1, 0.15) is 11.8 Å². The number of anilines is 1. The Morgan fingerprint density at radius 2 is 2.18 bits per heavy atom. The SMILES string of the molecule is CNc1ncc(F)c(-c2cncc(C#N)c2)n1. The number of aromatic nitrogens is 3. The quantitative estimate of drug-likeness (QED) is 0.846. The Labute approximate surface area is 97.0 Å². The zero-order chi connectivity index (χ0) is 12.3. The van der Waals surface area contributed by atoms with Crippen molar-refractivity contribution in [3.05, 3.63) is 36.0 Å². The van der Waals surface area contributed by atoms with Crippen LogP contribution in [0.15, 0.2) is 24.7 Å². The second-order valence-corrected chi connectivity index (χ2v) is 3.21. The van der Waals surface area contributed by atoms with E-state index in [9.17, 15) is 4.39 Å². The normalized spacial score (nSPS) is 9.71. The lowest BCUT2D eigenvalue weighted by molar-refractivity contribution is 0.618. The number of nitriles is 1. The molecule has 0 saturated heterocycles. The molecule has 0 amide bonds. The van der Waals surface area contributed by atoms with Gasteiger partial charge < -0.3 is 5.32 Å². The summed E-state index contributed by atoms with van der Waals surface area (Å²) in [7, 11) is 1.64.